The highest BCUT2D eigenvalue weighted by molar-refractivity contribution is 5.85. The smallest absolute Gasteiger partial charge is 0.109 e. The zero-order valence-electron chi connectivity index (χ0n) is 19.0. The molecule has 0 amide bonds. The van der Waals surface area contributed by atoms with Gasteiger partial charge in [-0.1, -0.05) is 79.7 Å². The summed E-state index contributed by atoms with van der Waals surface area (Å²) in [6, 6.07) is 27.8. The minimum absolute atomic E-state index is 0.798. The van der Waals surface area contributed by atoms with Crippen LogP contribution in [0.1, 0.15) is 47.0 Å². The lowest BCUT2D eigenvalue weighted by atomic mass is 9.93. The van der Waals surface area contributed by atoms with Crippen molar-refractivity contribution in [3.8, 4) is 17.3 Å². The first-order valence-corrected chi connectivity index (χ1v) is 11.7. The van der Waals surface area contributed by atoms with E-state index in [1.54, 1.807) is 6.08 Å². The molecule has 1 heterocycles. The number of rotatable bonds is 5. The Bertz CT molecular complexity index is 1350. The molecule has 0 atom stereocenters. The molecule has 0 saturated carbocycles. The van der Waals surface area contributed by atoms with Crippen LogP contribution in [0, 0.1) is 11.3 Å². The van der Waals surface area contributed by atoms with E-state index in [0.717, 1.165) is 54.9 Å². The maximum atomic E-state index is 9.45. The predicted molar refractivity (Wildman–Crippen MR) is 134 cm³/mol. The van der Waals surface area contributed by atoms with Crippen LogP contribution in [0.2, 0.25) is 0 Å². The second kappa shape index (κ2) is 9.30. The number of aryl methyl sites for hydroxylation is 3. The number of hydrogen-bond donors (Lipinski definition) is 0. The summed E-state index contributed by atoms with van der Waals surface area (Å²) in [6.45, 7) is 3.00. The number of imidazole rings is 1. The van der Waals surface area contributed by atoms with Crippen LogP contribution in [-0.2, 0) is 25.8 Å². The quantitative estimate of drug-likeness (QED) is 0.335. The summed E-state index contributed by atoms with van der Waals surface area (Å²) in [5, 5.41) is 9.45. The maximum absolute atomic E-state index is 9.45. The van der Waals surface area contributed by atoms with Gasteiger partial charge >= 0.3 is 0 Å². The van der Waals surface area contributed by atoms with E-state index in [-0.39, 0.29) is 0 Å². The van der Waals surface area contributed by atoms with Crippen LogP contribution in [0.5, 0.6) is 0 Å². The zero-order chi connectivity index (χ0) is 22.6. The summed E-state index contributed by atoms with van der Waals surface area (Å²) >= 11 is 0. The minimum atomic E-state index is 0.798. The van der Waals surface area contributed by atoms with Crippen LogP contribution in [0.4, 0.5) is 0 Å². The van der Waals surface area contributed by atoms with Crippen molar-refractivity contribution in [2.75, 3.05) is 0 Å². The van der Waals surface area contributed by atoms with Crippen molar-refractivity contribution >= 4 is 5.57 Å². The first-order chi connectivity index (χ1) is 16.3. The summed E-state index contributed by atoms with van der Waals surface area (Å²) in [5.74, 6) is 1.13. The lowest BCUT2D eigenvalue weighted by Gasteiger charge is -2.13. The van der Waals surface area contributed by atoms with Crippen molar-refractivity contribution in [3.05, 3.63) is 119 Å². The van der Waals surface area contributed by atoms with Crippen molar-refractivity contribution in [3.63, 3.8) is 0 Å². The molecule has 0 aliphatic heterocycles. The molecule has 0 N–H and O–H groups in total. The molecule has 1 aliphatic carbocycles. The standard InChI is InChI=1S/C30H27N3/c1-2-8-30-32-29(24-10-4-3-5-11-24)21-33(30)20-22-13-16-27-25(19-22)15-14-23-9-6-7-12-26(23)28(27)17-18-31/h3-7,9-13,16-17,19,21H,2,8,14-15,20H2,1H3. The fourth-order valence-corrected chi connectivity index (χ4v) is 4.81. The monoisotopic (exact) mass is 429 g/mol. The van der Waals surface area contributed by atoms with Crippen molar-refractivity contribution in [2.24, 2.45) is 0 Å². The predicted octanol–water partition coefficient (Wildman–Crippen LogP) is 6.60. The fourth-order valence-electron chi connectivity index (χ4n) is 4.81. The molecule has 3 heteroatoms. The second-order valence-corrected chi connectivity index (χ2v) is 8.62. The molecule has 0 saturated heterocycles. The van der Waals surface area contributed by atoms with Crippen LogP contribution in [-0.4, -0.2) is 9.55 Å². The fraction of sp³-hybridized carbons (Fsp3) is 0.200. The number of allylic oxidation sites excluding steroid dienone is 1. The van der Waals surface area contributed by atoms with Crippen LogP contribution >= 0.6 is 0 Å². The van der Waals surface area contributed by atoms with E-state index in [4.69, 9.17) is 4.98 Å². The summed E-state index contributed by atoms with van der Waals surface area (Å²) in [4.78, 5) is 4.95. The molecule has 1 aliphatic rings. The third-order valence-electron chi connectivity index (χ3n) is 6.40. The van der Waals surface area contributed by atoms with Gasteiger partial charge in [0.15, 0.2) is 0 Å². The number of hydrogen-bond acceptors (Lipinski definition) is 2. The molecule has 0 unspecified atom stereocenters. The highest BCUT2D eigenvalue weighted by Crippen LogP contribution is 2.34. The lowest BCUT2D eigenvalue weighted by Crippen LogP contribution is -2.05. The molecule has 3 aromatic carbocycles. The topological polar surface area (TPSA) is 41.6 Å². The molecular weight excluding hydrogens is 402 g/mol. The third kappa shape index (κ3) is 4.25. The zero-order valence-corrected chi connectivity index (χ0v) is 19.0. The highest BCUT2D eigenvalue weighted by atomic mass is 15.1. The lowest BCUT2D eigenvalue weighted by molar-refractivity contribution is 0.704. The molecule has 1 aromatic heterocycles. The van der Waals surface area contributed by atoms with Crippen LogP contribution in [0.25, 0.3) is 16.8 Å². The van der Waals surface area contributed by atoms with Crippen molar-refractivity contribution in [2.45, 2.75) is 39.2 Å². The number of benzene rings is 3. The van der Waals surface area contributed by atoms with Crippen LogP contribution < -0.4 is 0 Å². The minimum Gasteiger partial charge on any atom is -0.330 e. The normalized spacial score (nSPS) is 13.8. The third-order valence-corrected chi connectivity index (χ3v) is 6.40. The molecule has 3 nitrogen and oxygen atoms in total. The van der Waals surface area contributed by atoms with Gasteiger partial charge < -0.3 is 4.57 Å². The Kier molecular flexibility index (Phi) is 5.91. The van der Waals surface area contributed by atoms with Gasteiger partial charge in [-0.15, -0.1) is 0 Å². The summed E-state index contributed by atoms with van der Waals surface area (Å²) in [7, 11) is 0. The van der Waals surface area contributed by atoms with Gasteiger partial charge in [0.2, 0.25) is 0 Å². The SMILES string of the molecule is CCCc1nc(-c2ccccc2)cn1Cc1ccc2c(c1)CCc1ccccc1C2=CC#N. The first-order valence-electron chi connectivity index (χ1n) is 11.7. The van der Waals surface area contributed by atoms with Crippen LogP contribution in [0.3, 0.4) is 0 Å². The Morgan fingerprint density at radius 1 is 0.939 bits per heavy atom. The molecule has 0 bridgehead atoms. The van der Waals surface area contributed by atoms with E-state index in [9.17, 15) is 5.26 Å². The van der Waals surface area contributed by atoms with Crippen LogP contribution in [0.15, 0.2) is 85.1 Å². The van der Waals surface area contributed by atoms with Gasteiger partial charge in [0, 0.05) is 30.8 Å². The van der Waals surface area contributed by atoms with E-state index < -0.39 is 0 Å². The Labute approximate surface area is 195 Å². The Morgan fingerprint density at radius 2 is 1.70 bits per heavy atom. The van der Waals surface area contributed by atoms with E-state index >= 15 is 0 Å². The first kappa shape index (κ1) is 21.0. The van der Waals surface area contributed by atoms with Gasteiger partial charge in [0.25, 0.3) is 0 Å². The second-order valence-electron chi connectivity index (χ2n) is 8.62. The average molecular weight is 430 g/mol. The van der Waals surface area contributed by atoms with Gasteiger partial charge in [-0.05, 0) is 52.7 Å². The van der Waals surface area contributed by atoms with Crippen molar-refractivity contribution < 1.29 is 0 Å². The Balaban J connectivity index is 1.50. The molecular formula is C30H27N3. The van der Waals surface area contributed by atoms with Crippen molar-refractivity contribution in [1.29, 1.82) is 5.26 Å². The van der Waals surface area contributed by atoms with E-state index in [2.05, 4.69) is 90.5 Å². The Hall–Kier alpha value is -3.90. The Morgan fingerprint density at radius 3 is 2.52 bits per heavy atom. The molecule has 0 fully saturated rings. The van der Waals surface area contributed by atoms with Gasteiger partial charge in [0.1, 0.15) is 5.82 Å². The number of nitrogens with zero attached hydrogens (tertiary/aromatic N) is 3. The summed E-state index contributed by atoms with van der Waals surface area (Å²) < 4.78 is 2.30. The molecule has 4 aromatic rings. The number of fused-ring (bicyclic) bond motifs is 2. The van der Waals surface area contributed by atoms with Gasteiger partial charge in [0.05, 0.1) is 11.8 Å². The maximum Gasteiger partial charge on any atom is 0.109 e. The molecule has 5 rings (SSSR count). The van der Waals surface area contributed by atoms with Crippen molar-refractivity contribution in [1.82, 2.24) is 9.55 Å². The average Bonchev–Trinajstić information content (AvgIpc) is 3.17. The molecule has 33 heavy (non-hydrogen) atoms. The summed E-state index contributed by atoms with van der Waals surface area (Å²) in [6.07, 6.45) is 7.87. The molecule has 0 radical (unpaired) electrons. The van der Waals surface area contributed by atoms with Gasteiger partial charge in [-0.2, -0.15) is 5.26 Å². The summed E-state index contributed by atoms with van der Waals surface area (Å²) in [5.41, 5.74) is 9.46. The van der Waals surface area contributed by atoms with E-state index in [1.807, 2.05) is 6.07 Å². The number of aromatic nitrogens is 2. The van der Waals surface area contributed by atoms with E-state index in [1.165, 1.54) is 27.8 Å². The highest BCUT2D eigenvalue weighted by Gasteiger charge is 2.18. The molecule has 0 spiro atoms. The largest absolute Gasteiger partial charge is 0.330 e. The van der Waals surface area contributed by atoms with E-state index in [0.29, 0.717) is 0 Å². The molecule has 162 valence electrons. The van der Waals surface area contributed by atoms with Gasteiger partial charge in [-0.3, -0.25) is 0 Å². The number of nitriles is 1. The van der Waals surface area contributed by atoms with Gasteiger partial charge in [-0.25, -0.2) is 4.98 Å².